The summed E-state index contributed by atoms with van der Waals surface area (Å²) >= 11 is 1.65. The van der Waals surface area contributed by atoms with Crippen LogP contribution in [0.3, 0.4) is 0 Å². The molecule has 25 heavy (non-hydrogen) atoms. The molecule has 0 aromatic heterocycles. The van der Waals surface area contributed by atoms with Crippen LogP contribution in [0.2, 0.25) is 0 Å². The Labute approximate surface area is 154 Å². The lowest BCUT2D eigenvalue weighted by Crippen LogP contribution is -2.47. The normalized spacial score (nSPS) is 20.4. The highest BCUT2D eigenvalue weighted by atomic mass is 32.2. The summed E-state index contributed by atoms with van der Waals surface area (Å²) in [6.07, 6.45) is 5.18. The molecule has 5 heteroatoms. The number of rotatable bonds is 7. The van der Waals surface area contributed by atoms with Gasteiger partial charge in [-0.25, -0.2) is 4.79 Å². The summed E-state index contributed by atoms with van der Waals surface area (Å²) in [6, 6.07) is 9.19. The van der Waals surface area contributed by atoms with Crippen molar-refractivity contribution in [3.63, 3.8) is 0 Å². The number of hydrogen-bond donors (Lipinski definition) is 0. The van der Waals surface area contributed by atoms with Gasteiger partial charge in [-0.05, 0) is 24.0 Å². The highest BCUT2D eigenvalue weighted by Gasteiger charge is 2.42. The Morgan fingerprint density at radius 1 is 1.32 bits per heavy atom. The molecule has 0 aliphatic carbocycles. The third kappa shape index (κ3) is 5.36. The molecule has 1 saturated heterocycles. The van der Waals surface area contributed by atoms with E-state index >= 15 is 0 Å². The summed E-state index contributed by atoms with van der Waals surface area (Å²) in [6.45, 7) is 6.62. The molecule has 1 amide bonds. The fourth-order valence-corrected chi connectivity index (χ4v) is 4.21. The van der Waals surface area contributed by atoms with Gasteiger partial charge in [0.2, 0.25) is 5.91 Å². The summed E-state index contributed by atoms with van der Waals surface area (Å²) in [5.74, 6) is 0.446. The van der Waals surface area contributed by atoms with E-state index in [-0.39, 0.29) is 23.2 Å². The maximum atomic E-state index is 12.8. The second kappa shape index (κ2) is 9.66. The topological polar surface area (TPSA) is 46.6 Å². The number of unbranched alkanes of at least 4 members (excludes halogenated alkanes) is 1. The van der Waals surface area contributed by atoms with Crippen LogP contribution in [0.15, 0.2) is 36.4 Å². The number of esters is 1. The number of ether oxygens (including phenoxy) is 1. The fraction of sp³-hybridized carbons (Fsp3) is 0.500. The van der Waals surface area contributed by atoms with E-state index in [0.29, 0.717) is 12.4 Å². The first-order chi connectivity index (χ1) is 12.0. The summed E-state index contributed by atoms with van der Waals surface area (Å²) in [5, 5.41) is -0.00310. The summed E-state index contributed by atoms with van der Waals surface area (Å²) in [5.41, 5.74) is 0.964. The summed E-state index contributed by atoms with van der Waals surface area (Å²) < 4.78 is 5.37. The molecule has 1 aliphatic rings. The Kier molecular flexibility index (Phi) is 7.56. The number of hydrogen-bond acceptors (Lipinski definition) is 4. The third-order valence-electron chi connectivity index (χ3n) is 4.09. The minimum Gasteiger partial charge on any atom is -0.464 e. The number of amides is 1. The van der Waals surface area contributed by atoms with E-state index in [4.69, 9.17) is 4.74 Å². The van der Waals surface area contributed by atoms with Crippen molar-refractivity contribution >= 4 is 29.7 Å². The SMILES string of the molecule is CCCCOC(=O)C1CSC(C(C)C)N1C(=O)C=Cc1ccccc1. The molecule has 0 radical (unpaired) electrons. The number of nitrogens with zero attached hydrogens (tertiary/aromatic N) is 1. The quantitative estimate of drug-likeness (QED) is 0.419. The van der Waals surface area contributed by atoms with Crippen molar-refractivity contribution in [3.8, 4) is 0 Å². The van der Waals surface area contributed by atoms with Gasteiger partial charge in [0.1, 0.15) is 6.04 Å². The maximum absolute atomic E-state index is 12.8. The van der Waals surface area contributed by atoms with Crippen molar-refractivity contribution in [2.45, 2.75) is 45.0 Å². The fourth-order valence-electron chi connectivity index (χ4n) is 2.73. The van der Waals surface area contributed by atoms with E-state index in [9.17, 15) is 9.59 Å². The molecule has 0 saturated carbocycles. The van der Waals surface area contributed by atoms with Crippen LogP contribution in [0.4, 0.5) is 0 Å². The Morgan fingerprint density at radius 2 is 2.04 bits per heavy atom. The van der Waals surface area contributed by atoms with Crippen LogP contribution in [0, 0.1) is 5.92 Å². The van der Waals surface area contributed by atoms with Gasteiger partial charge in [-0.1, -0.05) is 57.5 Å². The van der Waals surface area contributed by atoms with Crippen LogP contribution in [-0.4, -0.2) is 40.6 Å². The van der Waals surface area contributed by atoms with E-state index in [1.54, 1.807) is 28.8 Å². The van der Waals surface area contributed by atoms with E-state index < -0.39 is 6.04 Å². The second-order valence-corrected chi connectivity index (χ2v) is 7.64. The van der Waals surface area contributed by atoms with E-state index in [1.165, 1.54) is 0 Å². The first-order valence-corrected chi connectivity index (χ1v) is 9.93. The number of benzene rings is 1. The Hall–Kier alpha value is -1.75. The molecule has 2 atom stereocenters. The van der Waals surface area contributed by atoms with Gasteiger partial charge in [-0.3, -0.25) is 4.79 Å². The smallest absolute Gasteiger partial charge is 0.329 e. The van der Waals surface area contributed by atoms with Crippen LogP contribution in [-0.2, 0) is 14.3 Å². The Morgan fingerprint density at radius 3 is 2.68 bits per heavy atom. The lowest BCUT2D eigenvalue weighted by molar-refractivity contribution is -0.153. The van der Waals surface area contributed by atoms with Crippen LogP contribution in [0.25, 0.3) is 6.08 Å². The molecule has 1 aromatic rings. The zero-order valence-corrected chi connectivity index (χ0v) is 16.0. The largest absolute Gasteiger partial charge is 0.464 e. The standard InChI is InChI=1S/C20H27NO3S/c1-4-5-13-24-20(23)17-14-25-19(15(2)3)21(17)18(22)12-11-16-9-7-6-8-10-16/h6-12,15,17,19H,4-5,13-14H2,1-3H3. The van der Waals surface area contributed by atoms with Crippen LogP contribution >= 0.6 is 11.8 Å². The molecule has 2 unspecified atom stereocenters. The zero-order chi connectivity index (χ0) is 18.2. The highest BCUT2D eigenvalue weighted by molar-refractivity contribution is 8.00. The lowest BCUT2D eigenvalue weighted by atomic mass is 10.1. The van der Waals surface area contributed by atoms with Crippen molar-refractivity contribution in [3.05, 3.63) is 42.0 Å². The molecule has 1 heterocycles. The summed E-state index contributed by atoms with van der Waals surface area (Å²) in [7, 11) is 0. The first-order valence-electron chi connectivity index (χ1n) is 8.88. The Balaban J connectivity index is 2.11. The van der Waals surface area contributed by atoms with E-state index in [1.807, 2.05) is 30.3 Å². The monoisotopic (exact) mass is 361 g/mol. The summed E-state index contributed by atoms with van der Waals surface area (Å²) in [4.78, 5) is 26.9. The number of thioether (sulfide) groups is 1. The van der Waals surface area contributed by atoms with Crippen molar-refractivity contribution in [1.29, 1.82) is 0 Å². The molecule has 0 bridgehead atoms. The van der Waals surface area contributed by atoms with Crippen LogP contribution in [0.1, 0.15) is 39.2 Å². The van der Waals surface area contributed by atoms with E-state index in [2.05, 4.69) is 20.8 Å². The Bertz CT molecular complexity index is 600. The van der Waals surface area contributed by atoms with Gasteiger partial charge < -0.3 is 9.64 Å². The predicted octanol–water partition coefficient (Wildman–Crippen LogP) is 3.97. The third-order valence-corrected chi connectivity index (χ3v) is 5.71. The zero-order valence-electron chi connectivity index (χ0n) is 15.2. The molecular weight excluding hydrogens is 334 g/mol. The van der Waals surface area contributed by atoms with Crippen molar-refractivity contribution in [2.24, 2.45) is 5.92 Å². The highest BCUT2D eigenvalue weighted by Crippen LogP contribution is 2.34. The molecular formula is C20H27NO3S. The van der Waals surface area contributed by atoms with Crippen LogP contribution in [0.5, 0.6) is 0 Å². The number of carbonyl (C=O) groups is 2. The maximum Gasteiger partial charge on any atom is 0.329 e. The van der Waals surface area contributed by atoms with Crippen molar-refractivity contribution in [1.82, 2.24) is 4.90 Å². The average molecular weight is 362 g/mol. The second-order valence-electron chi connectivity index (χ2n) is 6.49. The lowest BCUT2D eigenvalue weighted by Gasteiger charge is -2.29. The molecule has 0 N–H and O–H groups in total. The van der Waals surface area contributed by atoms with Gasteiger partial charge in [-0.2, -0.15) is 0 Å². The molecule has 2 rings (SSSR count). The van der Waals surface area contributed by atoms with Crippen molar-refractivity contribution < 1.29 is 14.3 Å². The molecule has 1 aromatic carbocycles. The molecule has 0 spiro atoms. The minimum atomic E-state index is -0.498. The van der Waals surface area contributed by atoms with Gasteiger partial charge >= 0.3 is 5.97 Å². The molecule has 4 nitrogen and oxygen atoms in total. The molecule has 1 fully saturated rings. The minimum absolute atomic E-state index is 0.00310. The molecule has 136 valence electrons. The number of carbonyl (C=O) groups excluding carboxylic acids is 2. The average Bonchev–Trinajstić information content (AvgIpc) is 3.06. The van der Waals surface area contributed by atoms with E-state index in [0.717, 1.165) is 18.4 Å². The molecule has 1 aliphatic heterocycles. The van der Waals surface area contributed by atoms with Crippen molar-refractivity contribution in [2.75, 3.05) is 12.4 Å². The van der Waals surface area contributed by atoms with Gasteiger partial charge in [0, 0.05) is 11.8 Å². The van der Waals surface area contributed by atoms with Gasteiger partial charge in [0.05, 0.1) is 12.0 Å². The van der Waals surface area contributed by atoms with Gasteiger partial charge in [-0.15, -0.1) is 11.8 Å². The van der Waals surface area contributed by atoms with Crippen LogP contribution < -0.4 is 0 Å². The van der Waals surface area contributed by atoms with Gasteiger partial charge in [0.25, 0.3) is 0 Å². The first kappa shape index (κ1) is 19.6. The predicted molar refractivity (Wildman–Crippen MR) is 103 cm³/mol. The van der Waals surface area contributed by atoms with Gasteiger partial charge in [0.15, 0.2) is 0 Å².